The first-order valence-corrected chi connectivity index (χ1v) is 8.21. The lowest BCUT2D eigenvalue weighted by Crippen LogP contribution is -2.43. The van der Waals surface area contributed by atoms with E-state index in [4.69, 9.17) is 5.26 Å². The maximum absolute atomic E-state index is 11.9. The van der Waals surface area contributed by atoms with Crippen molar-refractivity contribution < 1.29 is 9.59 Å². The third-order valence-electron chi connectivity index (χ3n) is 4.23. The smallest absolute Gasteiger partial charge is 0.315 e. The molecule has 0 aliphatic heterocycles. The highest BCUT2D eigenvalue weighted by Gasteiger charge is 2.16. The highest BCUT2D eigenvalue weighted by molar-refractivity contribution is 5.76. The Bertz CT molecular complexity index is 399. The van der Waals surface area contributed by atoms with Gasteiger partial charge in [-0.25, -0.2) is 4.79 Å². The molecule has 0 spiro atoms. The van der Waals surface area contributed by atoms with Gasteiger partial charge in [-0.1, -0.05) is 19.3 Å². The van der Waals surface area contributed by atoms with E-state index in [-0.39, 0.29) is 18.0 Å². The van der Waals surface area contributed by atoms with Crippen LogP contribution in [0.2, 0.25) is 0 Å². The zero-order valence-electron chi connectivity index (χ0n) is 13.7. The van der Waals surface area contributed by atoms with Crippen LogP contribution in [0, 0.1) is 11.3 Å². The molecule has 0 aromatic heterocycles. The number of carbonyl (C=O) groups excluding carboxylic acids is 2. The lowest BCUT2D eigenvalue weighted by molar-refractivity contribution is -0.131. The first-order valence-electron chi connectivity index (χ1n) is 8.21. The quantitative estimate of drug-likeness (QED) is 0.707. The van der Waals surface area contributed by atoms with Crippen molar-refractivity contribution in [3.8, 4) is 6.07 Å². The Kier molecular flexibility index (Phi) is 8.34. The molecule has 1 aliphatic rings. The SMILES string of the molecule is C[C@H](CC#N)N(C)C(=O)CCCNC(=O)NC1CCCCC1. The van der Waals surface area contributed by atoms with Gasteiger partial charge in [-0.05, 0) is 26.2 Å². The van der Waals surface area contributed by atoms with Crippen molar-refractivity contribution >= 4 is 11.9 Å². The van der Waals surface area contributed by atoms with Crippen LogP contribution >= 0.6 is 0 Å². The molecule has 0 aromatic rings. The van der Waals surface area contributed by atoms with Crippen LogP contribution in [0.15, 0.2) is 0 Å². The Hall–Kier alpha value is -1.77. The average molecular weight is 308 g/mol. The second-order valence-electron chi connectivity index (χ2n) is 6.05. The fourth-order valence-electron chi connectivity index (χ4n) is 2.62. The van der Waals surface area contributed by atoms with E-state index in [9.17, 15) is 9.59 Å². The molecule has 1 aliphatic carbocycles. The molecule has 0 unspecified atom stereocenters. The van der Waals surface area contributed by atoms with E-state index in [1.807, 2.05) is 6.92 Å². The first kappa shape index (κ1) is 18.3. The number of hydrogen-bond acceptors (Lipinski definition) is 3. The standard InChI is InChI=1S/C16H28N4O2/c1-13(10-11-17)20(2)15(21)9-6-12-18-16(22)19-14-7-4-3-5-8-14/h13-14H,3-10,12H2,1-2H3,(H2,18,19,22)/t13-/m1/s1. The minimum atomic E-state index is -0.134. The summed E-state index contributed by atoms with van der Waals surface area (Å²) in [6, 6.07) is 2.16. The van der Waals surface area contributed by atoms with Gasteiger partial charge in [0.05, 0.1) is 12.5 Å². The van der Waals surface area contributed by atoms with E-state index in [2.05, 4.69) is 16.7 Å². The maximum atomic E-state index is 11.9. The van der Waals surface area contributed by atoms with Gasteiger partial charge in [0, 0.05) is 32.1 Å². The van der Waals surface area contributed by atoms with Crippen molar-refractivity contribution in [3.63, 3.8) is 0 Å². The Morgan fingerprint density at radius 3 is 2.64 bits per heavy atom. The van der Waals surface area contributed by atoms with Crippen molar-refractivity contribution in [2.24, 2.45) is 0 Å². The van der Waals surface area contributed by atoms with E-state index in [1.54, 1.807) is 11.9 Å². The van der Waals surface area contributed by atoms with Crippen molar-refractivity contribution in [1.29, 1.82) is 5.26 Å². The normalized spacial score (nSPS) is 16.4. The van der Waals surface area contributed by atoms with Crippen LogP contribution < -0.4 is 10.6 Å². The van der Waals surface area contributed by atoms with Crippen LogP contribution in [0.4, 0.5) is 4.79 Å². The molecule has 0 aromatic carbocycles. The lowest BCUT2D eigenvalue weighted by atomic mass is 9.96. The lowest BCUT2D eigenvalue weighted by Gasteiger charge is -2.23. The highest BCUT2D eigenvalue weighted by atomic mass is 16.2. The van der Waals surface area contributed by atoms with Gasteiger partial charge in [0.1, 0.15) is 0 Å². The van der Waals surface area contributed by atoms with Gasteiger partial charge in [0.15, 0.2) is 0 Å². The minimum Gasteiger partial charge on any atom is -0.342 e. The number of carbonyl (C=O) groups is 2. The molecule has 6 heteroatoms. The largest absolute Gasteiger partial charge is 0.342 e. The highest BCUT2D eigenvalue weighted by Crippen LogP contribution is 2.17. The average Bonchev–Trinajstić information content (AvgIpc) is 2.51. The van der Waals surface area contributed by atoms with Gasteiger partial charge in [-0.3, -0.25) is 4.79 Å². The number of nitrogens with zero attached hydrogens (tertiary/aromatic N) is 2. The van der Waals surface area contributed by atoms with E-state index in [0.717, 1.165) is 12.8 Å². The molecule has 1 saturated carbocycles. The van der Waals surface area contributed by atoms with E-state index in [0.29, 0.717) is 31.8 Å². The first-order chi connectivity index (χ1) is 10.5. The Labute approximate surface area is 133 Å². The molecule has 6 nitrogen and oxygen atoms in total. The number of hydrogen-bond donors (Lipinski definition) is 2. The monoisotopic (exact) mass is 308 g/mol. The molecule has 0 saturated heterocycles. The third-order valence-corrected chi connectivity index (χ3v) is 4.23. The molecule has 1 fully saturated rings. The predicted molar refractivity (Wildman–Crippen MR) is 85.1 cm³/mol. The van der Waals surface area contributed by atoms with Gasteiger partial charge >= 0.3 is 6.03 Å². The molecule has 22 heavy (non-hydrogen) atoms. The van der Waals surface area contributed by atoms with Gasteiger partial charge in [-0.15, -0.1) is 0 Å². The summed E-state index contributed by atoms with van der Waals surface area (Å²) in [5.41, 5.74) is 0. The van der Waals surface area contributed by atoms with Gasteiger partial charge < -0.3 is 15.5 Å². The topological polar surface area (TPSA) is 85.2 Å². The van der Waals surface area contributed by atoms with Gasteiger partial charge in [0.25, 0.3) is 0 Å². The summed E-state index contributed by atoms with van der Waals surface area (Å²) in [5.74, 6) is 0.0113. The van der Waals surface area contributed by atoms with Crippen molar-refractivity contribution in [2.75, 3.05) is 13.6 Å². The fourth-order valence-corrected chi connectivity index (χ4v) is 2.62. The summed E-state index contributed by atoms with van der Waals surface area (Å²) in [6.45, 7) is 2.35. The summed E-state index contributed by atoms with van der Waals surface area (Å²) >= 11 is 0. The molecular weight excluding hydrogens is 280 g/mol. The summed E-state index contributed by atoms with van der Waals surface area (Å²) in [5, 5.41) is 14.4. The molecule has 0 bridgehead atoms. The molecule has 0 radical (unpaired) electrons. The van der Waals surface area contributed by atoms with Gasteiger partial charge in [0.2, 0.25) is 5.91 Å². The van der Waals surface area contributed by atoms with Gasteiger partial charge in [-0.2, -0.15) is 5.26 Å². The van der Waals surface area contributed by atoms with E-state index < -0.39 is 0 Å². The molecule has 2 N–H and O–H groups in total. The number of urea groups is 1. The van der Waals surface area contributed by atoms with Crippen molar-refractivity contribution in [3.05, 3.63) is 0 Å². The Balaban J connectivity index is 2.12. The second-order valence-corrected chi connectivity index (χ2v) is 6.05. The van der Waals surface area contributed by atoms with Crippen LogP contribution in [0.1, 0.15) is 58.3 Å². The van der Waals surface area contributed by atoms with Crippen LogP contribution in [-0.2, 0) is 4.79 Å². The summed E-state index contributed by atoms with van der Waals surface area (Å²) < 4.78 is 0. The Morgan fingerprint density at radius 1 is 1.32 bits per heavy atom. The predicted octanol–water partition coefficient (Wildman–Crippen LogP) is 2.16. The van der Waals surface area contributed by atoms with Crippen molar-refractivity contribution in [2.45, 2.75) is 70.4 Å². The van der Waals surface area contributed by atoms with Crippen LogP contribution in [0.25, 0.3) is 0 Å². The summed E-state index contributed by atoms with van der Waals surface area (Å²) in [6.07, 6.45) is 7.10. The van der Waals surface area contributed by atoms with E-state index >= 15 is 0 Å². The van der Waals surface area contributed by atoms with E-state index in [1.165, 1.54) is 19.3 Å². The summed E-state index contributed by atoms with van der Waals surface area (Å²) in [4.78, 5) is 25.2. The number of nitrogens with one attached hydrogen (secondary N) is 2. The molecule has 124 valence electrons. The molecule has 1 atom stereocenters. The Morgan fingerprint density at radius 2 is 2.00 bits per heavy atom. The zero-order valence-corrected chi connectivity index (χ0v) is 13.7. The summed E-state index contributed by atoms with van der Waals surface area (Å²) in [7, 11) is 1.72. The van der Waals surface area contributed by atoms with Crippen molar-refractivity contribution in [1.82, 2.24) is 15.5 Å². The number of nitriles is 1. The molecule has 3 amide bonds. The fraction of sp³-hybridized carbons (Fsp3) is 0.812. The van der Waals surface area contributed by atoms with Crippen LogP contribution in [0.3, 0.4) is 0 Å². The van der Waals surface area contributed by atoms with Crippen LogP contribution in [0.5, 0.6) is 0 Å². The molecular formula is C16H28N4O2. The third kappa shape index (κ3) is 6.79. The molecule has 0 heterocycles. The maximum Gasteiger partial charge on any atom is 0.315 e. The number of amides is 3. The second kappa shape index (κ2) is 10.0. The zero-order chi connectivity index (χ0) is 16.4. The molecule has 1 rings (SSSR count). The minimum absolute atomic E-state index is 0.0113. The number of rotatable bonds is 7. The van der Waals surface area contributed by atoms with Crippen LogP contribution in [-0.4, -0.2) is 42.5 Å².